The largest absolute Gasteiger partial charge is 0.494 e. The van der Waals surface area contributed by atoms with E-state index in [1.807, 2.05) is 31.2 Å². The van der Waals surface area contributed by atoms with Gasteiger partial charge in [0.2, 0.25) is 0 Å². The normalized spacial score (nSPS) is 10.0. The van der Waals surface area contributed by atoms with Crippen LogP contribution in [-0.4, -0.2) is 26.2 Å². The molecule has 2 aromatic carbocycles. The highest BCUT2D eigenvalue weighted by molar-refractivity contribution is 5.92. The lowest BCUT2D eigenvalue weighted by molar-refractivity contribution is -0.118. The van der Waals surface area contributed by atoms with Crippen LogP contribution in [0.3, 0.4) is 0 Å². The van der Waals surface area contributed by atoms with Crippen LogP contribution in [0.5, 0.6) is 17.2 Å². The number of carbonyl (C=O) groups is 1. The first-order valence-electron chi connectivity index (χ1n) is 7.51. The predicted octanol–water partition coefficient (Wildman–Crippen LogP) is 3.50. The zero-order chi connectivity index (χ0) is 16.5. The van der Waals surface area contributed by atoms with Gasteiger partial charge in [-0.2, -0.15) is 0 Å². The van der Waals surface area contributed by atoms with Crippen molar-refractivity contribution in [2.45, 2.75) is 13.3 Å². The van der Waals surface area contributed by atoms with Crippen molar-refractivity contribution in [3.63, 3.8) is 0 Å². The second-order valence-corrected chi connectivity index (χ2v) is 4.86. The van der Waals surface area contributed by atoms with Crippen molar-refractivity contribution in [3.05, 3.63) is 48.5 Å². The van der Waals surface area contributed by atoms with E-state index < -0.39 is 0 Å². The van der Waals surface area contributed by atoms with Gasteiger partial charge in [-0.15, -0.1) is 0 Å². The van der Waals surface area contributed by atoms with Gasteiger partial charge < -0.3 is 19.5 Å². The lowest BCUT2D eigenvalue weighted by atomic mass is 10.3. The van der Waals surface area contributed by atoms with E-state index in [9.17, 15) is 4.79 Å². The Hall–Kier alpha value is -2.69. The molecule has 2 aromatic rings. The van der Waals surface area contributed by atoms with Gasteiger partial charge in [-0.1, -0.05) is 25.1 Å². The molecule has 0 bridgehead atoms. The van der Waals surface area contributed by atoms with Crippen LogP contribution in [0.4, 0.5) is 5.69 Å². The van der Waals surface area contributed by atoms with Crippen LogP contribution in [0.15, 0.2) is 48.5 Å². The van der Waals surface area contributed by atoms with Crippen LogP contribution in [0.1, 0.15) is 13.3 Å². The van der Waals surface area contributed by atoms with Gasteiger partial charge in [-0.25, -0.2) is 0 Å². The minimum absolute atomic E-state index is 0.0968. The molecule has 0 aliphatic rings. The van der Waals surface area contributed by atoms with Crippen LogP contribution >= 0.6 is 0 Å². The van der Waals surface area contributed by atoms with Crippen molar-refractivity contribution in [3.8, 4) is 17.2 Å². The molecule has 23 heavy (non-hydrogen) atoms. The monoisotopic (exact) mass is 315 g/mol. The number of hydrogen-bond acceptors (Lipinski definition) is 4. The van der Waals surface area contributed by atoms with Crippen molar-refractivity contribution in [2.75, 3.05) is 25.6 Å². The number of benzene rings is 2. The molecule has 1 N–H and O–H groups in total. The Morgan fingerprint density at radius 2 is 1.83 bits per heavy atom. The van der Waals surface area contributed by atoms with E-state index in [4.69, 9.17) is 14.2 Å². The lowest BCUT2D eigenvalue weighted by Gasteiger charge is -2.11. The average Bonchev–Trinajstić information content (AvgIpc) is 2.58. The molecule has 0 saturated carbocycles. The number of anilines is 1. The van der Waals surface area contributed by atoms with Crippen LogP contribution in [0, 0.1) is 0 Å². The van der Waals surface area contributed by atoms with Crippen LogP contribution in [0.25, 0.3) is 0 Å². The third-order valence-electron chi connectivity index (χ3n) is 3.02. The SMILES string of the molecule is CCCOc1cccc(NC(=O)COc2ccccc2OC)c1. The van der Waals surface area contributed by atoms with Crippen molar-refractivity contribution < 1.29 is 19.0 Å². The van der Waals surface area contributed by atoms with Crippen LogP contribution < -0.4 is 19.5 Å². The molecule has 0 heterocycles. The first-order chi connectivity index (χ1) is 11.2. The molecule has 0 spiro atoms. The Morgan fingerprint density at radius 1 is 1.04 bits per heavy atom. The van der Waals surface area contributed by atoms with Gasteiger partial charge in [-0.3, -0.25) is 4.79 Å². The number of para-hydroxylation sites is 2. The number of amides is 1. The Kier molecular flexibility index (Phi) is 6.29. The topological polar surface area (TPSA) is 56.8 Å². The molecule has 0 fully saturated rings. The zero-order valence-electron chi connectivity index (χ0n) is 13.4. The van der Waals surface area contributed by atoms with Crippen molar-refractivity contribution in [1.29, 1.82) is 0 Å². The molecule has 0 unspecified atom stereocenters. The van der Waals surface area contributed by atoms with E-state index in [1.54, 1.807) is 31.4 Å². The minimum atomic E-state index is -0.247. The average molecular weight is 315 g/mol. The number of ether oxygens (including phenoxy) is 3. The Bertz CT molecular complexity index is 642. The first-order valence-corrected chi connectivity index (χ1v) is 7.51. The molecular weight excluding hydrogens is 294 g/mol. The fourth-order valence-corrected chi connectivity index (χ4v) is 1.96. The van der Waals surface area contributed by atoms with Gasteiger partial charge >= 0.3 is 0 Å². The van der Waals surface area contributed by atoms with Crippen molar-refractivity contribution in [2.24, 2.45) is 0 Å². The second-order valence-electron chi connectivity index (χ2n) is 4.86. The number of rotatable bonds is 8. The standard InChI is InChI=1S/C18H21NO4/c1-3-11-22-15-8-6-7-14(12-15)19-18(20)13-23-17-10-5-4-9-16(17)21-2/h4-10,12H,3,11,13H2,1-2H3,(H,19,20). The van der Waals surface area contributed by atoms with E-state index in [-0.39, 0.29) is 12.5 Å². The summed E-state index contributed by atoms with van der Waals surface area (Å²) in [6.45, 7) is 2.59. The summed E-state index contributed by atoms with van der Waals surface area (Å²) >= 11 is 0. The summed E-state index contributed by atoms with van der Waals surface area (Å²) in [7, 11) is 1.56. The van der Waals surface area contributed by atoms with Gasteiger partial charge in [0.05, 0.1) is 13.7 Å². The molecule has 2 rings (SSSR count). The van der Waals surface area contributed by atoms with Crippen molar-refractivity contribution in [1.82, 2.24) is 0 Å². The maximum absolute atomic E-state index is 12.0. The van der Waals surface area contributed by atoms with Crippen LogP contribution in [0.2, 0.25) is 0 Å². The molecule has 122 valence electrons. The molecule has 5 heteroatoms. The van der Waals surface area contributed by atoms with E-state index in [0.717, 1.165) is 12.2 Å². The molecule has 0 aliphatic carbocycles. The third-order valence-corrected chi connectivity index (χ3v) is 3.02. The number of hydrogen-bond donors (Lipinski definition) is 1. The van der Waals surface area contributed by atoms with E-state index in [1.165, 1.54) is 0 Å². The highest BCUT2D eigenvalue weighted by atomic mass is 16.5. The van der Waals surface area contributed by atoms with Crippen LogP contribution in [-0.2, 0) is 4.79 Å². The quantitative estimate of drug-likeness (QED) is 0.810. The van der Waals surface area contributed by atoms with Gasteiger partial charge in [0, 0.05) is 11.8 Å². The maximum Gasteiger partial charge on any atom is 0.262 e. The van der Waals surface area contributed by atoms with E-state index in [0.29, 0.717) is 23.8 Å². The highest BCUT2D eigenvalue weighted by Gasteiger charge is 2.07. The zero-order valence-corrected chi connectivity index (χ0v) is 13.4. The smallest absolute Gasteiger partial charge is 0.262 e. The number of nitrogens with one attached hydrogen (secondary N) is 1. The summed E-state index contributed by atoms with van der Waals surface area (Å²) in [5.41, 5.74) is 0.673. The number of methoxy groups -OCH3 is 1. The lowest BCUT2D eigenvalue weighted by Crippen LogP contribution is -2.20. The summed E-state index contributed by atoms with van der Waals surface area (Å²) < 4.78 is 16.2. The summed E-state index contributed by atoms with van der Waals surface area (Å²) in [5.74, 6) is 1.61. The molecule has 5 nitrogen and oxygen atoms in total. The van der Waals surface area contributed by atoms with Gasteiger partial charge in [0.15, 0.2) is 18.1 Å². The molecule has 0 aliphatic heterocycles. The van der Waals surface area contributed by atoms with Gasteiger partial charge in [0.1, 0.15) is 5.75 Å². The number of carbonyl (C=O) groups excluding carboxylic acids is 1. The third kappa shape index (κ3) is 5.21. The molecule has 0 saturated heterocycles. The Labute approximate surface area is 136 Å². The Balaban J connectivity index is 1.89. The fraction of sp³-hybridized carbons (Fsp3) is 0.278. The van der Waals surface area contributed by atoms with Gasteiger partial charge in [0.25, 0.3) is 5.91 Å². The molecule has 0 atom stereocenters. The summed E-state index contributed by atoms with van der Waals surface area (Å²) in [4.78, 5) is 12.0. The maximum atomic E-state index is 12.0. The molecular formula is C18H21NO4. The van der Waals surface area contributed by atoms with Crippen molar-refractivity contribution >= 4 is 11.6 Å². The van der Waals surface area contributed by atoms with E-state index >= 15 is 0 Å². The Morgan fingerprint density at radius 3 is 2.57 bits per heavy atom. The first kappa shape index (κ1) is 16.7. The summed E-state index contributed by atoms with van der Waals surface area (Å²) in [6.07, 6.45) is 0.934. The van der Waals surface area contributed by atoms with E-state index in [2.05, 4.69) is 5.32 Å². The molecule has 1 amide bonds. The van der Waals surface area contributed by atoms with Gasteiger partial charge in [-0.05, 0) is 30.7 Å². The summed E-state index contributed by atoms with van der Waals surface area (Å²) in [6, 6.07) is 14.5. The highest BCUT2D eigenvalue weighted by Crippen LogP contribution is 2.25. The minimum Gasteiger partial charge on any atom is -0.494 e. The molecule has 0 aromatic heterocycles. The summed E-state index contributed by atoms with van der Waals surface area (Å²) in [5, 5.41) is 2.78. The predicted molar refractivity (Wildman–Crippen MR) is 89.3 cm³/mol. The molecule has 0 radical (unpaired) electrons. The fourth-order valence-electron chi connectivity index (χ4n) is 1.96. The second kappa shape index (κ2) is 8.68.